The molecule has 2 aromatic rings. The van der Waals surface area contributed by atoms with Gasteiger partial charge in [0.2, 0.25) is 0 Å². The Kier molecular flexibility index (Phi) is 5.88. The maximum absolute atomic E-state index is 14.2. The first-order chi connectivity index (χ1) is 11.2. The third kappa shape index (κ3) is 5.21. The summed E-state index contributed by atoms with van der Waals surface area (Å²) in [6, 6.07) is 1.93. The molecule has 1 amide bonds. The normalized spacial score (nSPS) is 11.9. The van der Waals surface area contributed by atoms with Gasteiger partial charge in [0.25, 0.3) is 0 Å². The Morgan fingerprint density at radius 1 is 1.25 bits per heavy atom. The number of halogens is 2. The van der Waals surface area contributed by atoms with Crippen molar-refractivity contribution in [3.8, 4) is 0 Å². The van der Waals surface area contributed by atoms with Crippen LogP contribution in [0.15, 0.2) is 23.7 Å². The van der Waals surface area contributed by atoms with Gasteiger partial charge in [0.05, 0.1) is 0 Å². The second-order valence-electron chi connectivity index (χ2n) is 6.39. The number of aromatic nitrogens is 1. The molecule has 0 aliphatic rings. The van der Waals surface area contributed by atoms with E-state index < -0.39 is 33.3 Å². The van der Waals surface area contributed by atoms with Crippen LogP contribution in [0.5, 0.6) is 0 Å². The van der Waals surface area contributed by atoms with Crippen LogP contribution in [-0.4, -0.2) is 31.2 Å². The van der Waals surface area contributed by atoms with E-state index in [0.29, 0.717) is 5.13 Å². The van der Waals surface area contributed by atoms with Crippen molar-refractivity contribution in [1.82, 2.24) is 4.98 Å². The van der Waals surface area contributed by atoms with Gasteiger partial charge < -0.3 is 0 Å². The van der Waals surface area contributed by atoms with E-state index in [9.17, 15) is 18.4 Å². The number of nitrogens with one attached hydrogen (secondary N) is 1. The number of benzene rings is 1. The minimum absolute atomic E-state index is 0.125. The number of hydrogen-bond acceptors (Lipinski definition) is 4. The molecule has 128 valence electrons. The van der Waals surface area contributed by atoms with E-state index in [2.05, 4.69) is 10.3 Å². The molecule has 8 heteroatoms. The molecule has 2 rings (SSSR count). The predicted octanol–water partition coefficient (Wildman–Crippen LogP) is 2.70. The van der Waals surface area contributed by atoms with Crippen LogP contribution in [0.2, 0.25) is 0 Å². The Hall–Kier alpha value is -1.59. The summed E-state index contributed by atoms with van der Waals surface area (Å²) in [6.45, 7) is 5.70. The van der Waals surface area contributed by atoms with E-state index in [-0.39, 0.29) is 26.3 Å². The van der Waals surface area contributed by atoms with Gasteiger partial charge in [-0.05, 0) is 0 Å². The van der Waals surface area contributed by atoms with Gasteiger partial charge >= 0.3 is 149 Å². The summed E-state index contributed by atoms with van der Waals surface area (Å²) in [5.74, 6) is -2.33. The first-order valence-corrected chi connectivity index (χ1v) is 10.1. The molecule has 0 aliphatic carbocycles. The van der Waals surface area contributed by atoms with Crippen molar-refractivity contribution in [2.75, 3.05) is 5.32 Å². The fraction of sp³-hybridized carbons (Fsp3) is 0.312. The van der Waals surface area contributed by atoms with Crippen LogP contribution in [0.1, 0.15) is 37.6 Å². The Labute approximate surface area is 149 Å². The zero-order valence-electron chi connectivity index (χ0n) is 13.4. The van der Waals surface area contributed by atoms with Crippen LogP contribution in [0.3, 0.4) is 0 Å². The molecule has 1 heterocycles. The van der Waals surface area contributed by atoms with Gasteiger partial charge in [0.1, 0.15) is 0 Å². The van der Waals surface area contributed by atoms with Crippen LogP contribution in [0.25, 0.3) is 0 Å². The Morgan fingerprint density at radius 3 is 2.38 bits per heavy atom. The molecule has 0 spiro atoms. The molecule has 1 aromatic heterocycles. The van der Waals surface area contributed by atoms with Gasteiger partial charge in [-0.2, -0.15) is 0 Å². The molecule has 0 aliphatic heterocycles. The summed E-state index contributed by atoms with van der Waals surface area (Å²) in [5, 5.41) is 4.48. The number of nitrogens with zero attached hydrogens (tertiary/aromatic N) is 1. The molecule has 1 unspecified atom stereocenters. The zero-order valence-corrected chi connectivity index (χ0v) is 16.4. The maximum atomic E-state index is 14.2. The third-order valence-corrected chi connectivity index (χ3v) is 6.08. The van der Waals surface area contributed by atoms with Gasteiger partial charge in [-0.1, -0.05) is 0 Å². The molecule has 1 N–H and O–H groups in total. The van der Waals surface area contributed by atoms with Gasteiger partial charge in [-0.3, -0.25) is 0 Å². The number of carbonyl (C=O) groups is 2. The fourth-order valence-electron chi connectivity index (χ4n) is 1.94. The average molecular weight is 414 g/mol. The van der Waals surface area contributed by atoms with Gasteiger partial charge in [-0.25, -0.2) is 0 Å². The Balaban J connectivity index is 2.16. The Morgan fingerprint density at radius 2 is 1.88 bits per heavy atom. The first-order valence-electron chi connectivity index (χ1n) is 7.15. The molecule has 1 aromatic carbocycles. The standard InChI is InChI=1S/C16H17AsF2N2O2S/c1-16(2,3)8-12(22)17-13-10(18)6-9(7-11(13)19)14(23)21-15-20-4-5-24-15/h4-7,17H,8H2,1-3H3,(H,20,21,23). The van der Waals surface area contributed by atoms with E-state index in [1.54, 1.807) is 5.38 Å². The molecule has 0 bridgehead atoms. The van der Waals surface area contributed by atoms with Crippen molar-refractivity contribution >= 4 is 47.0 Å². The van der Waals surface area contributed by atoms with Crippen LogP contribution in [-0.2, 0) is 4.79 Å². The molecule has 4 nitrogen and oxygen atoms in total. The quantitative estimate of drug-likeness (QED) is 0.766. The van der Waals surface area contributed by atoms with Crippen LogP contribution < -0.4 is 9.67 Å². The fourth-order valence-corrected chi connectivity index (χ4v) is 5.15. The van der Waals surface area contributed by atoms with Gasteiger partial charge in [-0.15, -0.1) is 0 Å². The van der Waals surface area contributed by atoms with Crippen molar-refractivity contribution in [2.45, 2.75) is 27.2 Å². The number of thiazole rings is 1. The molecular formula is C16H17AsF2N2O2S. The molecule has 0 radical (unpaired) electrons. The number of hydrogen-bond donors (Lipinski definition) is 1. The van der Waals surface area contributed by atoms with Crippen molar-refractivity contribution in [2.24, 2.45) is 5.41 Å². The molecule has 0 saturated heterocycles. The SMILES string of the molecule is CC(C)(C)CC(=O)[AsH]c1c(F)cc(C(=O)Nc2nccs2)cc1F. The average Bonchev–Trinajstić information content (AvgIpc) is 2.93. The van der Waals surface area contributed by atoms with Gasteiger partial charge in [0, 0.05) is 0 Å². The van der Waals surface area contributed by atoms with E-state index in [4.69, 9.17) is 0 Å². The minimum atomic E-state index is -1.60. The van der Waals surface area contributed by atoms with Crippen molar-refractivity contribution in [3.63, 3.8) is 0 Å². The molecule has 1 atom stereocenters. The number of anilines is 1. The number of carbonyl (C=O) groups excluding carboxylic acids is 2. The topological polar surface area (TPSA) is 59.1 Å². The van der Waals surface area contributed by atoms with Crippen LogP contribution in [0.4, 0.5) is 13.9 Å². The summed E-state index contributed by atoms with van der Waals surface area (Å²) in [5.41, 5.74) is -0.361. The summed E-state index contributed by atoms with van der Waals surface area (Å²) < 4.78 is 28.1. The third-order valence-electron chi connectivity index (χ3n) is 2.91. The van der Waals surface area contributed by atoms with E-state index >= 15 is 0 Å². The van der Waals surface area contributed by atoms with Crippen molar-refractivity contribution in [1.29, 1.82) is 0 Å². The van der Waals surface area contributed by atoms with E-state index in [0.717, 1.165) is 12.1 Å². The summed E-state index contributed by atoms with van der Waals surface area (Å²) in [4.78, 5) is 27.9. The number of rotatable bonds is 5. The van der Waals surface area contributed by atoms with E-state index in [1.165, 1.54) is 17.5 Å². The second kappa shape index (κ2) is 7.53. The van der Waals surface area contributed by atoms with Crippen LogP contribution >= 0.6 is 11.3 Å². The van der Waals surface area contributed by atoms with E-state index in [1.807, 2.05) is 20.8 Å². The molecule has 24 heavy (non-hydrogen) atoms. The monoisotopic (exact) mass is 414 g/mol. The molecule has 0 fully saturated rings. The molecule has 0 saturated carbocycles. The molecular weight excluding hydrogens is 397 g/mol. The van der Waals surface area contributed by atoms with Crippen molar-refractivity contribution in [3.05, 3.63) is 40.9 Å². The first kappa shape index (κ1) is 18.7. The second-order valence-corrected chi connectivity index (χ2v) is 10.0. The predicted molar refractivity (Wildman–Crippen MR) is 92.3 cm³/mol. The van der Waals surface area contributed by atoms with Crippen molar-refractivity contribution < 1.29 is 18.4 Å². The summed E-state index contributed by atoms with van der Waals surface area (Å²) in [6.07, 6.45) is 1.79. The summed E-state index contributed by atoms with van der Waals surface area (Å²) in [7, 11) is 0. The Bertz CT molecular complexity index is 735. The number of amides is 1. The van der Waals surface area contributed by atoms with Gasteiger partial charge in [0.15, 0.2) is 0 Å². The van der Waals surface area contributed by atoms with Crippen LogP contribution in [0, 0.1) is 17.0 Å². The summed E-state index contributed by atoms with van der Waals surface area (Å²) >= 11 is -0.401. The zero-order chi connectivity index (χ0) is 17.9.